The summed E-state index contributed by atoms with van der Waals surface area (Å²) in [6, 6.07) is 4.85. The molecule has 2 unspecified atom stereocenters. The first-order valence-corrected chi connectivity index (χ1v) is 6.33. The summed E-state index contributed by atoms with van der Waals surface area (Å²) >= 11 is 5.75. The van der Waals surface area contributed by atoms with Gasteiger partial charge in [-0.1, -0.05) is 23.7 Å². The predicted molar refractivity (Wildman–Crippen MR) is 73.4 cm³/mol. The number of benzene rings is 1. The van der Waals surface area contributed by atoms with Gasteiger partial charge in [-0.05, 0) is 31.5 Å². The molecule has 0 heterocycles. The highest BCUT2D eigenvalue weighted by molar-refractivity contribution is 6.30. The number of rotatable bonds is 7. The molecule has 0 aliphatic carbocycles. The molecule has 0 amide bonds. The van der Waals surface area contributed by atoms with Crippen molar-refractivity contribution in [1.29, 1.82) is 0 Å². The average Bonchev–Trinajstić information content (AvgIpc) is 2.36. The van der Waals surface area contributed by atoms with Crippen LogP contribution in [0.15, 0.2) is 30.9 Å². The van der Waals surface area contributed by atoms with Gasteiger partial charge in [-0.25, -0.2) is 4.39 Å². The van der Waals surface area contributed by atoms with E-state index in [1.165, 1.54) is 6.07 Å². The van der Waals surface area contributed by atoms with Crippen molar-refractivity contribution < 1.29 is 9.13 Å². The molecular weight excluding hydrogens is 253 g/mol. The quantitative estimate of drug-likeness (QED) is 0.763. The molecule has 2 nitrogen and oxygen atoms in total. The Bertz CT molecular complexity index is 397. The van der Waals surface area contributed by atoms with Crippen LogP contribution in [-0.2, 0) is 4.74 Å². The van der Waals surface area contributed by atoms with Crippen LogP contribution >= 0.6 is 11.6 Å². The van der Waals surface area contributed by atoms with Crippen LogP contribution < -0.4 is 5.32 Å². The Labute approximate surface area is 113 Å². The fourth-order valence-electron chi connectivity index (χ4n) is 1.53. The highest BCUT2D eigenvalue weighted by Crippen LogP contribution is 2.20. The fraction of sp³-hybridized carbons (Fsp3) is 0.429. The monoisotopic (exact) mass is 271 g/mol. The maximum Gasteiger partial charge on any atom is 0.141 e. The molecule has 0 spiro atoms. The van der Waals surface area contributed by atoms with Gasteiger partial charge >= 0.3 is 0 Å². The van der Waals surface area contributed by atoms with Gasteiger partial charge < -0.3 is 10.1 Å². The van der Waals surface area contributed by atoms with Crippen LogP contribution in [0.5, 0.6) is 0 Å². The summed E-state index contributed by atoms with van der Waals surface area (Å²) in [5, 5.41) is 3.46. The van der Waals surface area contributed by atoms with Crippen molar-refractivity contribution >= 4 is 11.6 Å². The molecule has 1 N–H and O–H groups in total. The molecule has 1 rings (SSSR count). The SMILES string of the molecule is C=CCOC(C)CNC(C)c1ccc(F)c(Cl)c1. The minimum absolute atomic E-state index is 0.0953. The van der Waals surface area contributed by atoms with Crippen LogP contribution in [0.25, 0.3) is 0 Å². The van der Waals surface area contributed by atoms with Crippen molar-refractivity contribution in [2.45, 2.75) is 26.0 Å². The zero-order chi connectivity index (χ0) is 13.5. The van der Waals surface area contributed by atoms with Crippen molar-refractivity contribution in [3.63, 3.8) is 0 Å². The molecule has 0 saturated heterocycles. The molecule has 100 valence electrons. The molecule has 0 bridgehead atoms. The van der Waals surface area contributed by atoms with Gasteiger partial charge in [0.25, 0.3) is 0 Å². The van der Waals surface area contributed by atoms with Crippen molar-refractivity contribution in [2.75, 3.05) is 13.2 Å². The van der Waals surface area contributed by atoms with E-state index in [2.05, 4.69) is 11.9 Å². The third-order valence-electron chi connectivity index (χ3n) is 2.65. The fourth-order valence-corrected chi connectivity index (χ4v) is 1.72. The zero-order valence-electron chi connectivity index (χ0n) is 10.7. The Morgan fingerprint density at radius 3 is 2.83 bits per heavy atom. The molecule has 0 radical (unpaired) electrons. The lowest BCUT2D eigenvalue weighted by Gasteiger charge is -2.18. The number of ether oxygens (including phenoxy) is 1. The first-order chi connectivity index (χ1) is 8.54. The molecule has 18 heavy (non-hydrogen) atoms. The van der Waals surface area contributed by atoms with E-state index in [-0.39, 0.29) is 17.2 Å². The Morgan fingerprint density at radius 2 is 2.22 bits per heavy atom. The van der Waals surface area contributed by atoms with Crippen molar-refractivity contribution in [3.8, 4) is 0 Å². The maximum atomic E-state index is 13.0. The van der Waals surface area contributed by atoms with Gasteiger partial charge in [0, 0.05) is 12.6 Å². The normalized spacial score (nSPS) is 14.2. The van der Waals surface area contributed by atoms with Crippen LogP contribution in [-0.4, -0.2) is 19.3 Å². The van der Waals surface area contributed by atoms with E-state index in [1.807, 2.05) is 13.8 Å². The third kappa shape index (κ3) is 4.77. The second kappa shape index (κ2) is 7.52. The third-order valence-corrected chi connectivity index (χ3v) is 2.94. The standard InChI is InChI=1S/C14H19ClFNO/c1-4-7-18-10(2)9-17-11(3)12-5-6-14(16)13(15)8-12/h4-6,8,10-11,17H,1,7,9H2,2-3H3. The van der Waals surface area contributed by atoms with Gasteiger partial charge in [0.15, 0.2) is 0 Å². The van der Waals surface area contributed by atoms with Crippen molar-refractivity contribution in [1.82, 2.24) is 5.32 Å². The maximum absolute atomic E-state index is 13.0. The summed E-state index contributed by atoms with van der Waals surface area (Å²) in [6.45, 7) is 8.84. The number of nitrogens with one attached hydrogen (secondary N) is 1. The molecule has 4 heteroatoms. The van der Waals surface area contributed by atoms with Crippen LogP contribution in [0.2, 0.25) is 5.02 Å². The summed E-state index contributed by atoms with van der Waals surface area (Å²) in [6.07, 6.45) is 1.82. The topological polar surface area (TPSA) is 21.3 Å². The first-order valence-electron chi connectivity index (χ1n) is 5.95. The first kappa shape index (κ1) is 15.2. The van der Waals surface area contributed by atoms with Crippen LogP contribution in [0.3, 0.4) is 0 Å². The average molecular weight is 272 g/mol. The Hall–Kier alpha value is -0.900. The summed E-state index contributed by atoms with van der Waals surface area (Å²) in [7, 11) is 0. The van der Waals surface area contributed by atoms with Gasteiger partial charge in [-0.3, -0.25) is 0 Å². The second-order valence-corrected chi connectivity index (χ2v) is 4.64. The predicted octanol–water partition coefficient (Wildman–Crippen LogP) is 3.72. The van der Waals surface area contributed by atoms with Crippen LogP contribution in [0.1, 0.15) is 25.5 Å². The molecule has 0 aliphatic heterocycles. The molecule has 0 aromatic heterocycles. The number of hydrogen-bond donors (Lipinski definition) is 1. The summed E-state index contributed by atoms with van der Waals surface area (Å²) in [5.74, 6) is -0.393. The van der Waals surface area contributed by atoms with Gasteiger partial charge in [0.1, 0.15) is 5.82 Å². The molecule has 0 aliphatic rings. The van der Waals surface area contributed by atoms with Crippen molar-refractivity contribution in [2.24, 2.45) is 0 Å². The van der Waals surface area contributed by atoms with E-state index in [9.17, 15) is 4.39 Å². The van der Waals surface area contributed by atoms with E-state index < -0.39 is 5.82 Å². The smallest absolute Gasteiger partial charge is 0.141 e. The highest BCUT2D eigenvalue weighted by atomic mass is 35.5. The second-order valence-electron chi connectivity index (χ2n) is 4.24. The van der Waals surface area contributed by atoms with Crippen LogP contribution in [0.4, 0.5) is 4.39 Å². The summed E-state index contributed by atoms with van der Waals surface area (Å²) in [5.41, 5.74) is 0.956. The summed E-state index contributed by atoms with van der Waals surface area (Å²) < 4.78 is 18.5. The molecule has 1 aromatic rings. The minimum Gasteiger partial charge on any atom is -0.373 e. The number of halogens is 2. The lowest BCUT2D eigenvalue weighted by molar-refractivity contribution is 0.0860. The van der Waals surface area contributed by atoms with Gasteiger partial charge in [-0.2, -0.15) is 0 Å². The lowest BCUT2D eigenvalue weighted by atomic mass is 10.1. The minimum atomic E-state index is -0.393. The Morgan fingerprint density at radius 1 is 1.50 bits per heavy atom. The molecule has 0 fully saturated rings. The zero-order valence-corrected chi connectivity index (χ0v) is 11.5. The van der Waals surface area contributed by atoms with E-state index in [0.717, 1.165) is 5.56 Å². The van der Waals surface area contributed by atoms with Gasteiger partial charge in [0.05, 0.1) is 17.7 Å². The van der Waals surface area contributed by atoms with Gasteiger partial charge in [0.2, 0.25) is 0 Å². The summed E-state index contributed by atoms with van der Waals surface area (Å²) in [4.78, 5) is 0. The highest BCUT2D eigenvalue weighted by Gasteiger charge is 2.09. The largest absolute Gasteiger partial charge is 0.373 e. The Kier molecular flexibility index (Phi) is 6.33. The molecule has 1 aromatic carbocycles. The van der Waals surface area contributed by atoms with E-state index in [1.54, 1.807) is 18.2 Å². The number of hydrogen-bond acceptors (Lipinski definition) is 2. The Balaban J connectivity index is 2.47. The lowest BCUT2D eigenvalue weighted by Crippen LogP contribution is -2.29. The van der Waals surface area contributed by atoms with E-state index in [4.69, 9.17) is 16.3 Å². The molecule has 0 saturated carbocycles. The molecule has 2 atom stereocenters. The molecular formula is C14H19ClFNO. The van der Waals surface area contributed by atoms with E-state index >= 15 is 0 Å². The van der Waals surface area contributed by atoms with E-state index in [0.29, 0.717) is 13.2 Å². The van der Waals surface area contributed by atoms with Crippen LogP contribution in [0, 0.1) is 5.82 Å². The van der Waals surface area contributed by atoms with Gasteiger partial charge in [-0.15, -0.1) is 6.58 Å². The van der Waals surface area contributed by atoms with Crippen molar-refractivity contribution in [3.05, 3.63) is 47.3 Å².